The summed E-state index contributed by atoms with van der Waals surface area (Å²) in [6, 6.07) is 8.31. The maximum atomic E-state index is 12.7. The normalized spacial score (nSPS) is 15.9. The Morgan fingerprint density at radius 2 is 1.84 bits per heavy atom. The van der Waals surface area contributed by atoms with Crippen molar-refractivity contribution in [2.24, 2.45) is 7.05 Å². The first-order valence-electron chi connectivity index (χ1n) is 8.12. The number of hydrogen-bond donors (Lipinski definition) is 1. The molecule has 8 heteroatoms. The van der Waals surface area contributed by atoms with Crippen LogP contribution in [0, 0.1) is 0 Å². The fourth-order valence-corrected chi connectivity index (χ4v) is 4.68. The van der Waals surface area contributed by atoms with E-state index in [1.165, 1.54) is 21.1 Å². The first kappa shape index (κ1) is 18.0. The van der Waals surface area contributed by atoms with Crippen molar-refractivity contribution in [1.29, 1.82) is 0 Å². The van der Waals surface area contributed by atoms with Gasteiger partial charge < -0.3 is 9.88 Å². The summed E-state index contributed by atoms with van der Waals surface area (Å²) >= 11 is 6.05. The Labute approximate surface area is 152 Å². The van der Waals surface area contributed by atoms with Crippen molar-refractivity contribution < 1.29 is 13.2 Å². The molecule has 0 aliphatic carbocycles. The number of nitrogens with zero attached hydrogens (tertiary/aromatic N) is 2. The zero-order valence-corrected chi connectivity index (χ0v) is 15.5. The maximum absolute atomic E-state index is 12.7. The fourth-order valence-electron chi connectivity index (χ4n) is 2.90. The third kappa shape index (κ3) is 3.73. The van der Waals surface area contributed by atoms with Crippen LogP contribution in [0.15, 0.2) is 41.4 Å². The number of rotatable bonds is 4. The van der Waals surface area contributed by atoms with Crippen LogP contribution in [0.3, 0.4) is 0 Å². The first-order valence-corrected chi connectivity index (χ1v) is 9.94. The van der Waals surface area contributed by atoms with Crippen molar-refractivity contribution in [2.45, 2.75) is 24.2 Å². The van der Waals surface area contributed by atoms with E-state index in [-0.39, 0.29) is 10.6 Å². The molecule has 1 N–H and O–H groups in total. The Balaban J connectivity index is 1.84. The molecular weight excluding hydrogens is 362 g/mol. The summed E-state index contributed by atoms with van der Waals surface area (Å²) in [5.41, 5.74) is 0.742. The standard InChI is InChI=1S/C17H20ClN3O3S/c1-20-12-13(25(23,24)21-9-5-2-6-10-21)11-16(20)17(22)19-15-8-4-3-7-14(15)18/h3-4,7-8,11-12H,2,5-6,9-10H2,1H3,(H,19,22). The lowest BCUT2D eigenvalue weighted by atomic mass is 10.2. The zero-order chi connectivity index (χ0) is 18.0. The van der Waals surface area contributed by atoms with Crippen LogP contribution in [0.1, 0.15) is 29.8 Å². The minimum atomic E-state index is -3.57. The van der Waals surface area contributed by atoms with E-state index in [2.05, 4.69) is 5.32 Å². The van der Waals surface area contributed by atoms with Crippen molar-refractivity contribution in [1.82, 2.24) is 8.87 Å². The molecule has 2 heterocycles. The number of carbonyl (C=O) groups excluding carboxylic acids is 1. The molecule has 2 aromatic rings. The van der Waals surface area contributed by atoms with E-state index in [9.17, 15) is 13.2 Å². The van der Waals surface area contributed by atoms with E-state index in [4.69, 9.17) is 11.6 Å². The molecule has 0 spiro atoms. The van der Waals surface area contributed by atoms with Crippen LogP contribution in [0.5, 0.6) is 0 Å². The number of halogens is 1. The first-order chi connectivity index (χ1) is 11.9. The van der Waals surface area contributed by atoms with Crippen molar-refractivity contribution in [2.75, 3.05) is 18.4 Å². The topological polar surface area (TPSA) is 71.4 Å². The van der Waals surface area contributed by atoms with Gasteiger partial charge in [0.2, 0.25) is 10.0 Å². The Kier molecular flexibility index (Phi) is 5.17. The summed E-state index contributed by atoms with van der Waals surface area (Å²) in [7, 11) is -1.92. The van der Waals surface area contributed by atoms with Crippen LogP contribution >= 0.6 is 11.6 Å². The molecule has 1 aliphatic rings. The van der Waals surface area contributed by atoms with E-state index in [1.54, 1.807) is 31.3 Å². The summed E-state index contributed by atoms with van der Waals surface area (Å²) < 4.78 is 28.5. The lowest BCUT2D eigenvalue weighted by Crippen LogP contribution is -2.35. The second-order valence-corrected chi connectivity index (χ2v) is 8.42. The third-order valence-electron chi connectivity index (χ3n) is 4.29. The van der Waals surface area contributed by atoms with Crippen molar-refractivity contribution >= 4 is 33.2 Å². The highest BCUT2D eigenvalue weighted by Gasteiger charge is 2.28. The molecule has 1 amide bonds. The number of benzene rings is 1. The average Bonchev–Trinajstić information content (AvgIpc) is 3.00. The van der Waals surface area contributed by atoms with Crippen molar-refractivity contribution in [3.05, 3.63) is 47.2 Å². The number of aryl methyl sites for hydroxylation is 1. The van der Waals surface area contributed by atoms with E-state index in [0.717, 1.165) is 19.3 Å². The molecule has 1 aromatic heterocycles. The van der Waals surface area contributed by atoms with E-state index >= 15 is 0 Å². The predicted molar refractivity (Wildman–Crippen MR) is 97.4 cm³/mol. The highest BCUT2D eigenvalue weighted by molar-refractivity contribution is 7.89. The molecule has 3 rings (SSSR count). The summed E-state index contributed by atoms with van der Waals surface area (Å²) in [6.45, 7) is 1.05. The van der Waals surface area contributed by atoms with Gasteiger partial charge >= 0.3 is 0 Å². The lowest BCUT2D eigenvalue weighted by Gasteiger charge is -2.25. The highest BCUT2D eigenvalue weighted by atomic mass is 35.5. The number of aromatic nitrogens is 1. The minimum Gasteiger partial charge on any atom is -0.345 e. The Bertz CT molecular complexity index is 886. The van der Waals surface area contributed by atoms with Crippen LogP contribution < -0.4 is 5.32 Å². The molecule has 0 bridgehead atoms. The number of carbonyl (C=O) groups is 1. The highest BCUT2D eigenvalue weighted by Crippen LogP contribution is 2.24. The number of piperidine rings is 1. The van der Waals surface area contributed by atoms with Crippen LogP contribution in [-0.4, -0.2) is 36.3 Å². The lowest BCUT2D eigenvalue weighted by molar-refractivity contribution is 0.101. The fraction of sp³-hybridized carbons (Fsp3) is 0.353. The molecular formula is C17H20ClN3O3S. The van der Waals surface area contributed by atoms with Crippen LogP contribution in [-0.2, 0) is 17.1 Å². The zero-order valence-electron chi connectivity index (χ0n) is 13.9. The van der Waals surface area contributed by atoms with Gasteiger partial charge in [-0.25, -0.2) is 8.42 Å². The molecule has 0 radical (unpaired) electrons. The Hall–Kier alpha value is -1.83. The van der Waals surface area contributed by atoms with Gasteiger partial charge in [0.15, 0.2) is 0 Å². The van der Waals surface area contributed by atoms with Gasteiger partial charge in [0.1, 0.15) is 10.6 Å². The summed E-state index contributed by atoms with van der Waals surface area (Å²) in [6.07, 6.45) is 4.26. The van der Waals surface area contributed by atoms with Gasteiger partial charge in [-0.2, -0.15) is 4.31 Å². The molecule has 134 valence electrons. The van der Waals surface area contributed by atoms with Gasteiger partial charge in [-0.05, 0) is 31.0 Å². The summed E-state index contributed by atoms with van der Waals surface area (Å²) in [5, 5.41) is 3.13. The van der Waals surface area contributed by atoms with Gasteiger partial charge in [-0.3, -0.25) is 4.79 Å². The smallest absolute Gasteiger partial charge is 0.272 e. The predicted octanol–water partition coefficient (Wildman–Crippen LogP) is 3.11. The summed E-state index contributed by atoms with van der Waals surface area (Å²) in [5.74, 6) is -0.407. The molecule has 1 aliphatic heterocycles. The number of sulfonamides is 1. The van der Waals surface area contributed by atoms with E-state index < -0.39 is 15.9 Å². The quantitative estimate of drug-likeness (QED) is 0.884. The number of nitrogens with one attached hydrogen (secondary N) is 1. The molecule has 0 saturated carbocycles. The second-order valence-electron chi connectivity index (χ2n) is 6.07. The molecule has 6 nitrogen and oxygen atoms in total. The molecule has 1 fully saturated rings. The summed E-state index contributed by atoms with van der Waals surface area (Å²) in [4.78, 5) is 12.6. The SMILES string of the molecule is Cn1cc(S(=O)(=O)N2CCCCC2)cc1C(=O)Nc1ccccc1Cl. The second kappa shape index (κ2) is 7.19. The molecule has 0 unspecified atom stereocenters. The number of hydrogen-bond acceptors (Lipinski definition) is 3. The molecule has 0 atom stereocenters. The van der Waals surface area contributed by atoms with Crippen molar-refractivity contribution in [3.8, 4) is 0 Å². The van der Waals surface area contributed by atoms with Gasteiger partial charge in [0, 0.05) is 26.3 Å². The Morgan fingerprint density at radius 3 is 2.52 bits per heavy atom. The van der Waals surface area contributed by atoms with Crippen LogP contribution in [0.4, 0.5) is 5.69 Å². The van der Waals surface area contributed by atoms with Crippen LogP contribution in [0.25, 0.3) is 0 Å². The minimum absolute atomic E-state index is 0.140. The third-order valence-corrected chi connectivity index (χ3v) is 6.48. The largest absolute Gasteiger partial charge is 0.345 e. The monoisotopic (exact) mass is 381 g/mol. The van der Waals surface area contributed by atoms with Gasteiger partial charge in [-0.1, -0.05) is 30.2 Å². The van der Waals surface area contributed by atoms with Crippen molar-refractivity contribution in [3.63, 3.8) is 0 Å². The molecule has 25 heavy (non-hydrogen) atoms. The van der Waals surface area contributed by atoms with E-state index in [1.807, 2.05) is 0 Å². The van der Waals surface area contributed by atoms with Gasteiger partial charge in [0.05, 0.1) is 10.7 Å². The Morgan fingerprint density at radius 1 is 1.16 bits per heavy atom. The number of amides is 1. The van der Waals surface area contributed by atoms with Gasteiger partial charge in [-0.15, -0.1) is 0 Å². The van der Waals surface area contributed by atoms with Crippen LogP contribution in [0.2, 0.25) is 5.02 Å². The maximum Gasteiger partial charge on any atom is 0.272 e. The average molecular weight is 382 g/mol. The number of para-hydroxylation sites is 1. The van der Waals surface area contributed by atoms with Gasteiger partial charge in [0.25, 0.3) is 5.91 Å². The molecule has 1 saturated heterocycles. The number of anilines is 1. The molecule has 1 aromatic carbocycles. The van der Waals surface area contributed by atoms with E-state index in [0.29, 0.717) is 23.8 Å².